The molecule has 1 aromatic rings. The molecule has 0 aliphatic heterocycles. The number of carbonyl (C=O) groups is 1. The van der Waals surface area contributed by atoms with Crippen molar-refractivity contribution >= 4 is 12.0 Å². The maximum atomic E-state index is 10.9. The molecular formula is C10H11NO3. The van der Waals surface area contributed by atoms with Gasteiger partial charge in [-0.15, -0.1) is 0 Å². The Labute approximate surface area is 81.2 Å². The van der Waals surface area contributed by atoms with Crippen LogP contribution in [0.5, 0.6) is 0 Å². The third-order valence-corrected chi connectivity index (χ3v) is 1.51. The van der Waals surface area contributed by atoms with Gasteiger partial charge >= 0.3 is 5.97 Å². The number of rotatable bonds is 3. The molecule has 0 unspecified atom stereocenters. The highest BCUT2D eigenvalue weighted by Crippen LogP contribution is 1.96. The molecule has 4 nitrogen and oxygen atoms in total. The van der Waals surface area contributed by atoms with E-state index in [-0.39, 0.29) is 5.56 Å². The van der Waals surface area contributed by atoms with Gasteiger partial charge in [-0.2, -0.15) is 0 Å². The second-order valence-corrected chi connectivity index (χ2v) is 2.57. The highest BCUT2D eigenvalue weighted by atomic mass is 16.5. The second kappa shape index (κ2) is 5.01. The number of pyridine rings is 1. The normalized spacial score (nSPS) is 10.4. The van der Waals surface area contributed by atoms with Crippen LogP contribution >= 0.6 is 0 Å². The second-order valence-electron chi connectivity index (χ2n) is 2.57. The van der Waals surface area contributed by atoms with E-state index in [1.54, 1.807) is 19.1 Å². The molecule has 0 atom stereocenters. The van der Waals surface area contributed by atoms with E-state index in [0.29, 0.717) is 6.61 Å². The fourth-order valence-electron chi connectivity index (χ4n) is 0.881. The van der Waals surface area contributed by atoms with Crippen LogP contribution in [-0.2, 0) is 9.53 Å². The summed E-state index contributed by atoms with van der Waals surface area (Å²) in [4.78, 5) is 24.1. The van der Waals surface area contributed by atoms with Gasteiger partial charge in [0.2, 0.25) is 5.56 Å². The number of hydrogen-bond donors (Lipinski definition) is 1. The number of hydrogen-bond acceptors (Lipinski definition) is 3. The van der Waals surface area contributed by atoms with Gasteiger partial charge in [0, 0.05) is 18.3 Å². The summed E-state index contributed by atoms with van der Waals surface area (Å²) in [5, 5.41) is 0. The highest BCUT2D eigenvalue weighted by Gasteiger charge is 1.93. The number of H-pyrrole nitrogens is 1. The van der Waals surface area contributed by atoms with Gasteiger partial charge < -0.3 is 9.72 Å². The summed E-state index contributed by atoms with van der Waals surface area (Å²) in [7, 11) is 0. The maximum Gasteiger partial charge on any atom is 0.330 e. The lowest BCUT2D eigenvalue weighted by Gasteiger charge is -1.94. The summed E-state index contributed by atoms with van der Waals surface area (Å²) in [6.07, 6.45) is 4.42. The molecule has 0 aromatic carbocycles. The van der Waals surface area contributed by atoms with Gasteiger partial charge in [-0.25, -0.2) is 4.79 Å². The third-order valence-electron chi connectivity index (χ3n) is 1.51. The van der Waals surface area contributed by atoms with Crippen LogP contribution < -0.4 is 5.56 Å². The maximum absolute atomic E-state index is 10.9. The SMILES string of the molecule is CCOC(=O)C=Cc1ccc(=O)[nH]c1. The number of ether oxygens (including phenoxy) is 1. The van der Waals surface area contributed by atoms with Crippen LogP contribution in [0.4, 0.5) is 0 Å². The first-order valence-corrected chi connectivity index (χ1v) is 4.26. The van der Waals surface area contributed by atoms with Crippen molar-refractivity contribution in [3.05, 3.63) is 40.3 Å². The predicted octanol–water partition coefficient (Wildman–Crippen LogP) is 0.951. The lowest BCUT2D eigenvalue weighted by Crippen LogP contribution is -2.02. The van der Waals surface area contributed by atoms with E-state index < -0.39 is 5.97 Å². The Bertz CT molecular complexity index is 372. The Kier molecular flexibility index (Phi) is 3.67. The van der Waals surface area contributed by atoms with Crippen molar-refractivity contribution in [3.63, 3.8) is 0 Å². The van der Waals surface area contributed by atoms with Crippen LogP contribution in [0.2, 0.25) is 0 Å². The molecule has 0 spiro atoms. The molecule has 0 radical (unpaired) electrons. The number of aromatic nitrogens is 1. The smallest absolute Gasteiger partial charge is 0.330 e. The Morgan fingerprint density at radius 2 is 2.36 bits per heavy atom. The fourth-order valence-corrected chi connectivity index (χ4v) is 0.881. The predicted molar refractivity (Wildman–Crippen MR) is 52.7 cm³/mol. The van der Waals surface area contributed by atoms with Crippen LogP contribution in [0.3, 0.4) is 0 Å². The minimum absolute atomic E-state index is 0.168. The van der Waals surface area contributed by atoms with Crippen molar-refractivity contribution in [1.82, 2.24) is 4.98 Å². The summed E-state index contributed by atoms with van der Waals surface area (Å²) in [6, 6.07) is 3.01. The Morgan fingerprint density at radius 1 is 1.57 bits per heavy atom. The van der Waals surface area contributed by atoms with E-state index >= 15 is 0 Å². The van der Waals surface area contributed by atoms with Gasteiger partial charge in [-0.3, -0.25) is 4.79 Å². The Morgan fingerprint density at radius 3 is 2.93 bits per heavy atom. The van der Waals surface area contributed by atoms with Gasteiger partial charge in [0.1, 0.15) is 0 Å². The average molecular weight is 193 g/mol. The van der Waals surface area contributed by atoms with Crippen molar-refractivity contribution in [2.45, 2.75) is 6.92 Å². The van der Waals surface area contributed by atoms with Crippen LogP contribution in [0.25, 0.3) is 6.08 Å². The summed E-state index contributed by atoms with van der Waals surface area (Å²) < 4.78 is 4.69. The summed E-state index contributed by atoms with van der Waals surface area (Å²) in [5.41, 5.74) is 0.580. The monoisotopic (exact) mass is 193 g/mol. The first kappa shape index (κ1) is 10.2. The molecule has 0 saturated carbocycles. The van der Waals surface area contributed by atoms with Gasteiger partial charge in [0.15, 0.2) is 0 Å². The van der Waals surface area contributed by atoms with Crippen molar-refractivity contribution in [2.75, 3.05) is 6.61 Å². The molecule has 1 rings (SSSR count). The first-order chi connectivity index (χ1) is 6.72. The molecular weight excluding hydrogens is 182 g/mol. The zero-order valence-electron chi connectivity index (χ0n) is 7.82. The zero-order chi connectivity index (χ0) is 10.4. The number of esters is 1. The van der Waals surface area contributed by atoms with Crippen molar-refractivity contribution in [3.8, 4) is 0 Å². The van der Waals surface area contributed by atoms with E-state index in [0.717, 1.165) is 5.56 Å². The molecule has 1 heterocycles. The van der Waals surface area contributed by atoms with Crippen LogP contribution in [0, 0.1) is 0 Å². The molecule has 1 N–H and O–H groups in total. The summed E-state index contributed by atoms with van der Waals surface area (Å²) >= 11 is 0. The van der Waals surface area contributed by atoms with Gasteiger partial charge in [-0.05, 0) is 24.6 Å². The summed E-state index contributed by atoms with van der Waals surface area (Å²) in [5.74, 6) is -0.390. The Balaban J connectivity index is 2.64. The topological polar surface area (TPSA) is 59.2 Å². The molecule has 0 bridgehead atoms. The van der Waals surface area contributed by atoms with E-state index in [2.05, 4.69) is 9.72 Å². The number of carbonyl (C=O) groups excluding carboxylic acids is 1. The zero-order valence-corrected chi connectivity index (χ0v) is 7.82. The fraction of sp³-hybridized carbons (Fsp3) is 0.200. The molecule has 14 heavy (non-hydrogen) atoms. The molecule has 0 amide bonds. The van der Waals surface area contributed by atoms with E-state index in [1.165, 1.54) is 18.3 Å². The highest BCUT2D eigenvalue weighted by molar-refractivity contribution is 5.86. The minimum Gasteiger partial charge on any atom is -0.463 e. The van der Waals surface area contributed by atoms with Crippen LogP contribution in [0.15, 0.2) is 29.2 Å². The van der Waals surface area contributed by atoms with Gasteiger partial charge in [0.25, 0.3) is 0 Å². The van der Waals surface area contributed by atoms with Gasteiger partial charge in [0.05, 0.1) is 6.61 Å². The molecule has 1 aromatic heterocycles. The molecule has 0 fully saturated rings. The largest absolute Gasteiger partial charge is 0.463 e. The summed E-state index contributed by atoms with van der Waals surface area (Å²) in [6.45, 7) is 2.10. The minimum atomic E-state index is -0.390. The van der Waals surface area contributed by atoms with Crippen LogP contribution in [0.1, 0.15) is 12.5 Å². The Hall–Kier alpha value is -1.84. The molecule has 0 aliphatic carbocycles. The lowest BCUT2D eigenvalue weighted by molar-refractivity contribution is -0.137. The lowest BCUT2D eigenvalue weighted by atomic mass is 10.2. The quantitative estimate of drug-likeness (QED) is 0.574. The van der Waals surface area contributed by atoms with Crippen molar-refractivity contribution < 1.29 is 9.53 Å². The van der Waals surface area contributed by atoms with Crippen molar-refractivity contribution in [1.29, 1.82) is 0 Å². The molecule has 0 saturated heterocycles. The van der Waals surface area contributed by atoms with Gasteiger partial charge in [-0.1, -0.05) is 0 Å². The number of nitrogens with one attached hydrogen (secondary N) is 1. The van der Waals surface area contributed by atoms with Crippen molar-refractivity contribution in [2.24, 2.45) is 0 Å². The van der Waals surface area contributed by atoms with Crippen LogP contribution in [-0.4, -0.2) is 17.6 Å². The molecule has 0 aliphatic rings. The molecule has 74 valence electrons. The van der Waals surface area contributed by atoms with E-state index in [4.69, 9.17) is 0 Å². The standard InChI is InChI=1S/C10H11NO3/c1-2-14-10(13)6-4-8-3-5-9(12)11-7-8/h3-7H,2H2,1H3,(H,11,12). The number of aromatic amines is 1. The van der Waals surface area contributed by atoms with E-state index in [9.17, 15) is 9.59 Å². The molecule has 4 heteroatoms. The van der Waals surface area contributed by atoms with E-state index in [1.807, 2.05) is 0 Å². The third kappa shape index (κ3) is 3.26. The average Bonchev–Trinajstić information content (AvgIpc) is 2.17. The first-order valence-electron chi connectivity index (χ1n) is 4.26.